The number of rotatable bonds is 6. The molecule has 0 radical (unpaired) electrons. The van der Waals surface area contributed by atoms with Crippen LogP contribution in [0.1, 0.15) is 59.1 Å². The van der Waals surface area contributed by atoms with Crippen LogP contribution in [-0.2, 0) is 0 Å². The van der Waals surface area contributed by atoms with Gasteiger partial charge in [0, 0.05) is 31.9 Å². The molecule has 6 heteroatoms. The van der Waals surface area contributed by atoms with Crippen molar-refractivity contribution in [2.45, 2.75) is 77.2 Å². The van der Waals surface area contributed by atoms with Crippen LogP contribution in [0.3, 0.4) is 0 Å². The minimum Gasteiger partial charge on any atom is -0.392 e. The average molecular weight is 775 g/mol. The molecular weight excluding hydrogens is 728 g/mol. The van der Waals surface area contributed by atoms with Crippen LogP contribution in [-0.4, -0.2) is 38.6 Å². The highest BCUT2D eigenvalue weighted by Gasteiger charge is 2.21. The Morgan fingerprint density at radius 3 is 0.913 bits per heavy atom. The normalized spacial score (nSPS) is 12.7. The van der Waals surface area contributed by atoms with Gasteiger partial charge in [-0.1, -0.05) is 132 Å². The van der Waals surface area contributed by atoms with Gasteiger partial charge in [-0.25, -0.2) is 0 Å². The second-order valence-electron chi connectivity index (χ2n) is 13.8. The highest BCUT2D eigenvalue weighted by Crippen LogP contribution is 2.31. The molecule has 240 valence electrons. The topological polar surface area (TPSA) is 40.5 Å². The minimum absolute atomic E-state index is 0.00574. The van der Waals surface area contributed by atoms with E-state index in [1.54, 1.807) is 0 Å². The molecule has 0 fully saturated rings. The molecule has 4 rings (SSSR count). The minimum atomic E-state index is -1.38. The van der Waals surface area contributed by atoms with Crippen molar-refractivity contribution in [1.29, 1.82) is 0 Å². The van der Waals surface area contributed by atoms with E-state index in [9.17, 15) is 10.2 Å². The Hall–Kier alpha value is -2.69. The van der Waals surface area contributed by atoms with Crippen LogP contribution in [0.4, 0.5) is 0 Å². The number of hydrogen-bond donors (Lipinski definition) is 2. The predicted octanol–water partition coefficient (Wildman–Crippen LogP) is 10.4. The second kappa shape index (κ2) is 16.9. The quantitative estimate of drug-likeness (QED) is 0.151. The van der Waals surface area contributed by atoms with Gasteiger partial charge in [0.15, 0.2) is 0 Å². The van der Waals surface area contributed by atoms with Crippen molar-refractivity contribution < 1.29 is 10.2 Å². The first kappa shape index (κ1) is 37.8. The summed E-state index contributed by atoms with van der Waals surface area (Å²) < 4.78 is 2.10. The summed E-state index contributed by atoms with van der Waals surface area (Å²) in [5, 5.41) is 20.5. The van der Waals surface area contributed by atoms with Crippen LogP contribution in [0.2, 0.25) is 39.3 Å². The second-order valence-corrected chi connectivity index (χ2v) is 25.1. The van der Waals surface area contributed by atoms with Crippen molar-refractivity contribution in [2.75, 3.05) is 0 Å². The van der Waals surface area contributed by atoms with E-state index in [0.717, 1.165) is 42.3 Å². The largest absolute Gasteiger partial charge is 0.392 e. The van der Waals surface area contributed by atoms with Gasteiger partial charge in [0.1, 0.15) is 16.1 Å². The maximum atomic E-state index is 10.4. The fraction of sp³-hybridized carbons (Fsp3) is 0.300. The Morgan fingerprint density at radius 2 is 0.696 bits per heavy atom. The number of halogens is 2. The molecular formula is C40H46Br2O2Si2. The zero-order chi connectivity index (χ0) is 34.1. The molecule has 0 bridgehead atoms. The number of aliphatic hydroxyl groups is 2. The van der Waals surface area contributed by atoms with Gasteiger partial charge in [0.25, 0.3) is 0 Å². The van der Waals surface area contributed by atoms with Gasteiger partial charge >= 0.3 is 0 Å². The zero-order valence-corrected chi connectivity index (χ0v) is 33.4. The highest BCUT2D eigenvalue weighted by molar-refractivity contribution is 9.10. The summed E-state index contributed by atoms with van der Waals surface area (Å²) in [5.74, 6) is 6.53. The molecule has 4 aromatic carbocycles. The Balaban J connectivity index is 0.000000275. The van der Waals surface area contributed by atoms with Gasteiger partial charge < -0.3 is 10.2 Å². The molecule has 0 aromatic heterocycles. The van der Waals surface area contributed by atoms with E-state index in [1.807, 2.05) is 62.4 Å². The summed E-state index contributed by atoms with van der Waals surface area (Å²) in [5.41, 5.74) is 13.3. The molecule has 0 saturated carbocycles. The van der Waals surface area contributed by atoms with E-state index in [0.29, 0.717) is 0 Å². The van der Waals surface area contributed by atoms with Crippen LogP contribution in [0.25, 0.3) is 0 Å². The average Bonchev–Trinajstić information content (AvgIpc) is 2.98. The summed E-state index contributed by atoms with van der Waals surface area (Å²) in [4.78, 5) is 0. The lowest BCUT2D eigenvalue weighted by molar-refractivity contribution is 0.176. The summed E-state index contributed by atoms with van der Waals surface area (Å²) in [6.07, 6.45) is -0.898. The van der Waals surface area contributed by atoms with Gasteiger partial charge in [-0.2, -0.15) is 0 Å². The number of benzene rings is 4. The highest BCUT2D eigenvalue weighted by atomic mass is 79.9. The first-order chi connectivity index (χ1) is 21.5. The van der Waals surface area contributed by atoms with Crippen LogP contribution in [0.5, 0.6) is 0 Å². The SMILES string of the molecule is C[C@H](O)C(c1ccc(Br)cc1)c1ccc(Br)cc1.C[C@H](O)C(c1ccc(C#C[Si](C)(C)C)cc1)c1ccc(C#C[Si](C)(C)C)cc1. The molecule has 0 amide bonds. The summed E-state index contributed by atoms with van der Waals surface area (Å²) in [7, 11) is -2.76. The lowest BCUT2D eigenvalue weighted by atomic mass is 9.86. The Bertz CT molecular complexity index is 1540. The molecule has 0 heterocycles. The number of aliphatic hydroxyl groups excluding tert-OH is 2. The Labute approximate surface area is 296 Å². The third kappa shape index (κ3) is 12.5. The third-order valence-electron chi connectivity index (χ3n) is 7.13. The summed E-state index contributed by atoms with van der Waals surface area (Å²) in [6.45, 7) is 17.2. The smallest absolute Gasteiger partial charge is 0.129 e. The lowest BCUT2D eigenvalue weighted by Gasteiger charge is -2.21. The van der Waals surface area contributed by atoms with E-state index in [-0.39, 0.29) is 11.8 Å². The van der Waals surface area contributed by atoms with Gasteiger partial charge in [0.2, 0.25) is 0 Å². The molecule has 0 unspecified atom stereocenters. The summed E-state index contributed by atoms with van der Waals surface area (Å²) in [6, 6.07) is 32.8. The summed E-state index contributed by atoms with van der Waals surface area (Å²) >= 11 is 6.86. The molecule has 0 aliphatic rings. The van der Waals surface area contributed by atoms with Crippen molar-refractivity contribution in [3.05, 3.63) is 139 Å². The van der Waals surface area contributed by atoms with E-state index in [2.05, 4.69) is 143 Å². The van der Waals surface area contributed by atoms with E-state index >= 15 is 0 Å². The third-order valence-corrected chi connectivity index (χ3v) is 9.93. The molecule has 46 heavy (non-hydrogen) atoms. The van der Waals surface area contributed by atoms with E-state index in [1.165, 1.54) is 0 Å². The molecule has 0 aliphatic carbocycles. The first-order valence-corrected chi connectivity index (χ1v) is 24.2. The zero-order valence-electron chi connectivity index (χ0n) is 28.2. The van der Waals surface area contributed by atoms with Crippen LogP contribution >= 0.6 is 31.9 Å². The van der Waals surface area contributed by atoms with Crippen molar-refractivity contribution in [3.63, 3.8) is 0 Å². The molecule has 2 atom stereocenters. The van der Waals surface area contributed by atoms with Crippen molar-refractivity contribution >= 4 is 48.0 Å². The Morgan fingerprint density at radius 1 is 0.457 bits per heavy atom. The van der Waals surface area contributed by atoms with Crippen molar-refractivity contribution in [2.24, 2.45) is 0 Å². The molecule has 2 nitrogen and oxygen atoms in total. The molecule has 0 saturated heterocycles. The first-order valence-electron chi connectivity index (χ1n) is 15.7. The van der Waals surface area contributed by atoms with Crippen LogP contribution in [0.15, 0.2) is 106 Å². The van der Waals surface area contributed by atoms with Gasteiger partial charge in [-0.05, 0) is 84.6 Å². The molecule has 4 aromatic rings. The molecule has 2 N–H and O–H groups in total. The van der Waals surface area contributed by atoms with Gasteiger partial charge in [0.05, 0.1) is 12.2 Å². The van der Waals surface area contributed by atoms with Crippen molar-refractivity contribution in [3.8, 4) is 22.9 Å². The van der Waals surface area contributed by atoms with Gasteiger partial charge in [-0.15, -0.1) is 11.1 Å². The maximum Gasteiger partial charge on any atom is 0.129 e. The van der Waals surface area contributed by atoms with E-state index in [4.69, 9.17) is 0 Å². The van der Waals surface area contributed by atoms with E-state index < -0.39 is 28.4 Å². The van der Waals surface area contributed by atoms with Crippen LogP contribution < -0.4 is 0 Å². The number of hydrogen-bond acceptors (Lipinski definition) is 2. The maximum absolute atomic E-state index is 10.4. The lowest BCUT2D eigenvalue weighted by Crippen LogP contribution is -2.17. The van der Waals surface area contributed by atoms with Crippen LogP contribution in [0, 0.1) is 22.9 Å². The molecule has 0 aliphatic heterocycles. The Kier molecular flexibility index (Phi) is 13.9. The monoisotopic (exact) mass is 772 g/mol. The standard InChI is InChI=1S/C25H32OSi2.C15H14Br2O/c1-20(26)25(23-12-8-21(9-13-23)16-18-27(2,3)4)24-14-10-22(11-15-24)17-19-28(5,6)7;1-10(18)15(11-2-6-13(16)7-3-11)12-4-8-14(17)9-5-12/h8-15,20,25-26H,1-7H3;2-10,15,18H,1H3/t20-;10-/m00/s1. The fourth-order valence-electron chi connectivity index (χ4n) is 4.91. The van der Waals surface area contributed by atoms with Gasteiger partial charge in [-0.3, -0.25) is 0 Å². The molecule has 0 spiro atoms. The van der Waals surface area contributed by atoms with Crippen molar-refractivity contribution in [1.82, 2.24) is 0 Å². The predicted molar refractivity (Wildman–Crippen MR) is 209 cm³/mol. The fourth-order valence-corrected chi connectivity index (χ4v) is 6.47.